The molecule has 5 heteroatoms. The summed E-state index contributed by atoms with van der Waals surface area (Å²) in [6.07, 6.45) is 6.83. The Kier molecular flexibility index (Phi) is 5.30. The number of nitrogens with one attached hydrogen (secondary N) is 2. The van der Waals surface area contributed by atoms with Gasteiger partial charge in [0, 0.05) is 5.92 Å². The first-order valence-corrected chi connectivity index (χ1v) is 10.4. The molecule has 1 aliphatic carbocycles. The van der Waals surface area contributed by atoms with Crippen molar-refractivity contribution >= 4 is 11.6 Å². The SMILES string of the molecule is Cc1nn(-c2ccccc2)c(C)c1NC(=O)C[NH+]1CC[C@H]2CCCC[C@@H]2C1. The number of aryl methyl sites for hydroxylation is 1. The van der Waals surface area contributed by atoms with E-state index in [9.17, 15) is 4.79 Å². The standard InChI is InChI=1S/C22H30N4O/c1-16-22(17(2)26(24-16)20-10-4-3-5-11-20)23-21(27)15-25-13-12-18-8-6-7-9-19(18)14-25/h3-5,10-11,18-19H,6-9,12-15H2,1-2H3,(H,23,27)/p+1/t18-,19-/m1/s1. The Bertz CT molecular complexity index is 798. The van der Waals surface area contributed by atoms with Crippen molar-refractivity contribution in [3.8, 4) is 5.69 Å². The lowest BCUT2D eigenvalue weighted by Crippen LogP contribution is -3.15. The molecule has 3 atom stereocenters. The number of hydrogen-bond donors (Lipinski definition) is 2. The van der Waals surface area contributed by atoms with Gasteiger partial charge in [0.25, 0.3) is 5.91 Å². The monoisotopic (exact) mass is 367 g/mol. The molecule has 1 saturated heterocycles. The number of hydrogen-bond acceptors (Lipinski definition) is 2. The maximum atomic E-state index is 12.7. The molecule has 1 aromatic heterocycles. The fraction of sp³-hybridized carbons (Fsp3) is 0.545. The molecular formula is C22H31N4O+. The Balaban J connectivity index is 1.41. The first-order chi connectivity index (χ1) is 13.1. The number of likely N-dealkylation sites (tertiary alicyclic amines) is 1. The fourth-order valence-electron chi connectivity index (χ4n) is 5.01. The van der Waals surface area contributed by atoms with Crippen molar-refractivity contribution in [3.05, 3.63) is 41.7 Å². The molecule has 1 aliphatic heterocycles. The Morgan fingerprint density at radius 1 is 1.15 bits per heavy atom. The Morgan fingerprint density at radius 2 is 1.89 bits per heavy atom. The minimum Gasteiger partial charge on any atom is -0.327 e. The van der Waals surface area contributed by atoms with E-state index in [-0.39, 0.29) is 5.91 Å². The van der Waals surface area contributed by atoms with E-state index < -0.39 is 0 Å². The van der Waals surface area contributed by atoms with Gasteiger partial charge in [-0.25, -0.2) is 4.68 Å². The minimum atomic E-state index is 0.109. The molecule has 2 heterocycles. The van der Waals surface area contributed by atoms with Gasteiger partial charge in [-0.2, -0.15) is 5.10 Å². The van der Waals surface area contributed by atoms with Crippen LogP contribution in [0.3, 0.4) is 0 Å². The van der Waals surface area contributed by atoms with E-state index in [1.807, 2.05) is 48.9 Å². The van der Waals surface area contributed by atoms with Crippen LogP contribution in [0, 0.1) is 25.7 Å². The molecule has 2 aromatic rings. The topological polar surface area (TPSA) is 51.4 Å². The third kappa shape index (κ3) is 3.93. The zero-order valence-electron chi connectivity index (χ0n) is 16.5. The molecule has 1 amide bonds. The second-order valence-electron chi connectivity index (χ2n) is 8.32. The smallest absolute Gasteiger partial charge is 0.279 e. The molecular weight excluding hydrogens is 336 g/mol. The zero-order chi connectivity index (χ0) is 18.8. The molecule has 0 spiro atoms. The fourth-order valence-corrected chi connectivity index (χ4v) is 5.01. The number of carbonyl (C=O) groups is 1. The molecule has 27 heavy (non-hydrogen) atoms. The van der Waals surface area contributed by atoms with Crippen LogP contribution < -0.4 is 10.2 Å². The van der Waals surface area contributed by atoms with Gasteiger partial charge >= 0.3 is 0 Å². The van der Waals surface area contributed by atoms with Gasteiger partial charge in [0.05, 0.1) is 35.9 Å². The molecule has 2 fully saturated rings. The minimum absolute atomic E-state index is 0.109. The Labute approximate surface area is 161 Å². The predicted octanol–water partition coefficient (Wildman–Crippen LogP) is 2.52. The highest BCUT2D eigenvalue weighted by Gasteiger charge is 2.34. The van der Waals surface area contributed by atoms with Crippen LogP contribution in [-0.4, -0.2) is 35.3 Å². The van der Waals surface area contributed by atoms with Gasteiger partial charge in [0.2, 0.25) is 0 Å². The van der Waals surface area contributed by atoms with Gasteiger partial charge in [-0.05, 0) is 51.2 Å². The van der Waals surface area contributed by atoms with Crippen LogP contribution >= 0.6 is 0 Å². The number of rotatable bonds is 4. The van der Waals surface area contributed by atoms with Crippen molar-refractivity contribution in [1.29, 1.82) is 0 Å². The van der Waals surface area contributed by atoms with Crippen LogP contribution in [0.4, 0.5) is 5.69 Å². The summed E-state index contributed by atoms with van der Waals surface area (Å²) in [5.41, 5.74) is 3.72. The second kappa shape index (κ2) is 7.85. The molecule has 144 valence electrons. The van der Waals surface area contributed by atoms with Crippen molar-refractivity contribution in [2.24, 2.45) is 11.8 Å². The summed E-state index contributed by atoms with van der Waals surface area (Å²) in [6.45, 7) is 6.85. The molecule has 5 nitrogen and oxygen atoms in total. The highest BCUT2D eigenvalue weighted by atomic mass is 16.2. The summed E-state index contributed by atoms with van der Waals surface area (Å²) in [4.78, 5) is 14.2. The lowest BCUT2D eigenvalue weighted by atomic mass is 9.75. The van der Waals surface area contributed by atoms with Gasteiger partial charge in [-0.1, -0.05) is 31.0 Å². The summed E-state index contributed by atoms with van der Waals surface area (Å²) in [5.74, 6) is 1.86. The molecule has 1 saturated carbocycles. The van der Waals surface area contributed by atoms with Crippen LogP contribution in [0.15, 0.2) is 30.3 Å². The molecule has 1 unspecified atom stereocenters. The van der Waals surface area contributed by atoms with E-state index in [2.05, 4.69) is 10.4 Å². The number of piperidine rings is 1. The zero-order valence-corrected chi connectivity index (χ0v) is 16.5. The first kappa shape index (κ1) is 18.2. The molecule has 1 aromatic carbocycles. The highest BCUT2D eigenvalue weighted by Crippen LogP contribution is 2.32. The number of carbonyl (C=O) groups excluding carboxylic acids is 1. The number of para-hydroxylation sites is 1. The number of quaternary nitrogens is 1. The highest BCUT2D eigenvalue weighted by molar-refractivity contribution is 5.92. The number of fused-ring (bicyclic) bond motifs is 1. The molecule has 2 N–H and O–H groups in total. The lowest BCUT2D eigenvalue weighted by Gasteiger charge is -2.38. The number of benzene rings is 1. The first-order valence-electron chi connectivity index (χ1n) is 10.4. The molecule has 2 aliphatic rings. The van der Waals surface area contributed by atoms with E-state index in [1.54, 1.807) is 0 Å². The number of amides is 1. The molecule has 0 radical (unpaired) electrons. The van der Waals surface area contributed by atoms with Crippen LogP contribution in [0.2, 0.25) is 0 Å². The average Bonchev–Trinajstić information content (AvgIpc) is 2.97. The van der Waals surface area contributed by atoms with E-state index >= 15 is 0 Å². The van der Waals surface area contributed by atoms with E-state index in [4.69, 9.17) is 0 Å². The largest absolute Gasteiger partial charge is 0.327 e. The normalized spacial score (nSPS) is 25.0. The van der Waals surface area contributed by atoms with Crippen LogP contribution in [0.25, 0.3) is 5.69 Å². The number of anilines is 1. The van der Waals surface area contributed by atoms with Gasteiger partial charge < -0.3 is 10.2 Å². The lowest BCUT2D eigenvalue weighted by molar-refractivity contribution is -0.902. The van der Waals surface area contributed by atoms with E-state index in [0.29, 0.717) is 6.54 Å². The van der Waals surface area contributed by atoms with Crippen LogP contribution in [-0.2, 0) is 4.79 Å². The third-order valence-electron chi connectivity index (χ3n) is 6.45. The summed E-state index contributed by atoms with van der Waals surface area (Å²) in [6, 6.07) is 10.1. The summed E-state index contributed by atoms with van der Waals surface area (Å²) in [7, 11) is 0. The van der Waals surface area contributed by atoms with Crippen molar-refractivity contribution in [3.63, 3.8) is 0 Å². The summed E-state index contributed by atoms with van der Waals surface area (Å²) < 4.78 is 1.91. The summed E-state index contributed by atoms with van der Waals surface area (Å²) >= 11 is 0. The predicted molar refractivity (Wildman–Crippen MR) is 107 cm³/mol. The molecule has 4 rings (SSSR count). The van der Waals surface area contributed by atoms with Crippen LogP contribution in [0.5, 0.6) is 0 Å². The van der Waals surface area contributed by atoms with Crippen molar-refractivity contribution < 1.29 is 9.69 Å². The Hall–Kier alpha value is -2.14. The second-order valence-corrected chi connectivity index (χ2v) is 8.32. The van der Waals surface area contributed by atoms with Gasteiger partial charge in [0.1, 0.15) is 0 Å². The number of nitrogens with zero attached hydrogens (tertiary/aromatic N) is 2. The summed E-state index contributed by atoms with van der Waals surface area (Å²) in [5, 5.41) is 7.77. The van der Waals surface area contributed by atoms with Gasteiger partial charge in [0.15, 0.2) is 6.54 Å². The third-order valence-corrected chi connectivity index (χ3v) is 6.45. The maximum absolute atomic E-state index is 12.7. The van der Waals surface area contributed by atoms with E-state index in [1.165, 1.54) is 43.5 Å². The van der Waals surface area contributed by atoms with Gasteiger partial charge in [-0.15, -0.1) is 0 Å². The van der Waals surface area contributed by atoms with Crippen molar-refractivity contribution in [1.82, 2.24) is 9.78 Å². The molecule has 0 bridgehead atoms. The van der Waals surface area contributed by atoms with Crippen LogP contribution in [0.1, 0.15) is 43.5 Å². The Morgan fingerprint density at radius 3 is 2.67 bits per heavy atom. The quantitative estimate of drug-likeness (QED) is 0.872. The van der Waals surface area contributed by atoms with Crippen molar-refractivity contribution in [2.45, 2.75) is 46.0 Å². The maximum Gasteiger partial charge on any atom is 0.279 e. The number of aromatic nitrogens is 2. The van der Waals surface area contributed by atoms with Crippen molar-refractivity contribution in [2.75, 3.05) is 25.0 Å². The van der Waals surface area contributed by atoms with Gasteiger partial charge in [-0.3, -0.25) is 4.79 Å². The van der Waals surface area contributed by atoms with E-state index in [0.717, 1.165) is 41.1 Å². The average molecular weight is 368 g/mol.